The molecule has 0 spiro atoms. The third kappa shape index (κ3) is 2.82. The van der Waals surface area contributed by atoms with Crippen molar-refractivity contribution in [1.29, 1.82) is 0 Å². The Morgan fingerprint density at radius 3 is 2.89 bits per heavy atom. The summed E-state index contributed by atoms with van der Waals surface area (Å²) in [6, 6.07) is 6.31. The summed E-state index contributed by atoms with van der Waals surface area (Å²) in [5, 5.41) is 1.88. The quantitative estimate of drug-likeness (QED) is 0.867. The second-order valence-corrected chi connectivity index (χ2v) is 7.06. The normalized spacial score (nSPS) is 17.0. The average molecular weight is 339 g/mol. The topological polar surface area (TPSA) is 36.1 Å². The number of thioether (sulfide) groups is 1. The number of aromatic amines is 1. The molecule has 0 bridgehead atoms. The lowest BCUT2D eigenvalue weighted by Crippen LogP contribution is -2.33. The number of aromatic nitrogens is 1. The molecule has 19 heavy (non-hydrogen) atoms. The number of fused-ring (bicyclic) bond motifs is 1. The van der Waals surface area contributed by atoms with E-state index in [9.17, 15) is 4.79 Å². The van der Waals surface area contributed by atoms with E-state index in [1.165, 1.54) is 15.8 Å². The zero-order valence-corrected chi connectivity index (χ0v) is 12.8. The third-order valence-electron chi connectivity index (χ3n) is 3.53. The van der Waals surface area contributed by atoms with Crippen LogP contribution in [0.5, 0.6) is 0 Å². The van der Waals surface area contributed by atoms with E-state index in [1.54, 1.807) is 0 Å². The molecule has 3 rings (SSSR count). The van der Waals surface area contributed by atoms with Crippen molar-refractivity contribution in [2.24, 2.45) is 0 Å². The van der Waals surface area contributed by atoms with Gasteiger partial charge in [-0.2, -0.15) is 0 Å². The number of nitrogens with one attached hydrogen (secondary N) is 1. The summed E-state index contributed by atoms with van der Waals surface area (Å²) in [4.78, 5) is 17.2. The third-order valence-corrected chi connectivity index (χ3v) is 5.41. The highest BCUT2D eigenvalue weighted by molar-refractivity contribution is 9.10. The van der Waals surface area contributed by atoms with Crippen LogP contribution in [0.15, 0.2) is 33.8 Å². The molecule has 5 heteroatoms. The number of hydrogen-bond donors (Lipinski definition) is 1. The van der Waals surface area contributed by atoms with Crippen molar-refractivity contribution in [2.45, 2.75) is 23.0 Å². The van der Waals surface area contributed by atoms with E-state index in [0.29, 0.717) is 5.25 Å². The van der Waals surface area contributed by atoms with Gasteiger partial charge in [0.25, 0.3) is 0 Å². The van der Waals surface area contributed by atoms with Gasteiger partial charge in [0.05, 0.1) is 0 Å². The standard InChI is InChI=1S/C14H15BrN2OS/c15-10-1-2-13-12(7-10)14(8-16-13)19-11-3-5-17(9-18)6-4-11/h1-2,7-9,11,16H,3-6H2. The van der Waals surface area contributed by atoms with Crippen LogP contribution < -0.4 is 0 Å². The van der Waals surface area contributed by atoms with Gasteiger partial charge in [0.2, 0.25) is 6.41 Å². The van der Waals surface area contributed by atoms with Crippen molar-refractivity contribution in [3.05, 3.63) is 28.9 Å². The first-order valence-corrected chi connectivity index (χ1v) is 8.06. The Labute approximate surface area is 124 Å². The first kappa shape index (κ1) is 13.1. The summed E-state index contributed by atoms with van der Waals surface area (Å²) < 4.78 is 1.11. The Hall–Kier alpha value is -0.940. The van der Waals surface area contributed by atoms with Crippen LogP contribution in [-0.2, 0) is 4.79 Å². The van der Waals surface area contributed by atoms with Gasteiger partial charge in [-0.15, -0.1) is 11.8 Å². The fraction of sp³-hybridized carbons (Fsp3) is 0.357. The van der Waals surface area contributed by atoms with Gasteiger partial charge in [-0.1, -0.05) is 15.9 Å². The Bertz CT molecular complexity index is 590. The molecule has 1 N–H and O–H groups in total. The molecule has 0 atom stereocenters. The molecular formula is C14H15BrN2OS. The SMILES string of the molecule is O=CN1CCC(Sc2c[nH]c3ccc(Br)cc23)CC1. The molecule has 100 valence electrons. The molecule has 1 aromatic carbocycles. The van der Waals surface area contributed by atoms with Crippen molar-refractivity contribution in [1.82, 2.24) is 9.88 Å². The molecule has 2 aromatic rings. The molecule has 0 saturated carbocycles. The molecule has 1 aromatic heterocycles. The van der Waals surface area contributed by atoms with E-state index in [0.717, 1.165) is 36.8 Å². The molecule has 1 fully saturated rings. The number of piperidine rings is 1. The van der Waals surface area contributed by atoms with Gasteiger partial charge in [-0.3, -0.25) is 4.79 Å². The Balaban J connectivity index is 1.75. The molecule has 3 nitrogen and oxygen atoms in total. The maximum absolute atomic E-state index is 10.7. The van der Waals surface area contributed by atoms with Crippen molar-refractivity contribution in [3.8, 4) is 0 Å². The summed E-state index contributed by atoms with van der Waals surface area (Å²) in [6.07, 6.45) is 5.20. The Morgan fingerprint density at radius 1 is 1.37 bits per heavy atom. The van der Waals surface area contributed by atoms with Crippen LogP contribution >= 0.6 is 27.7 Å². The number of H-pyrrole nitrogens is 1. The van der Waals surface area contributed by atoms with Crippen LogP contribution in [0.25, 0.3) is 10.9 Å². The van der Waals surface area contributed by atoms with Gasteiger partial charge in [-0.05, 0) is 31.0 Å². The molecule has 1 aliphatic rings. The molecule has 1 saturated heterocycles. The van der Waals surface area contributed by atoms with Crippen molar-refractivity contribution < 1.29 is 4.79 Å². The lowest BCUT2D eigenvalue weighted by Gasteiger charge is -2.28. The number of carbonyl (C=O) groups excluding carboxylic acids is 1. The minimum Gasteiger partial charge on any atom is -0.360 e. The molecule has 1 aliphatic heterocycles. The van der Waals surface area contributed by atoms with E-state index < -0.39 is 0 Å². The first-order chi connectivity index (χ1) is 9.26. The molecule has 0 radical (unpaired) electrons. The number of halogens is 1. The number of likely N-dealkylation sites (tertiary alicyclic amines) is 1. The van der Waals surface area contributed by atoms with E-state index >= 15 is 0 Å². The summed E-state index contributed by atoms with van der Waals surface area (Å²) in [6.45, 7) is 1.76. The first-order valence-electron chi connectivity index (χ1n) is 6.39. The van der Waals surface area contributed by atoms with Gasteiger partial charge in [-0.25, -0.2) is 0 Å². The van der Waals surface area contributed by atoms with Gasteiger partial charge < -0.3 is 9.88 Å². The van der Waals surface area contributed by atoms with E-state index in [4.69, 9.17) is 0 Å². The number of nitrogens with zero attached hydrogens (tertiary/aromatic N) is 1. The number of amides is 1. The highest BCUT2D eigenvalue weighted by Gasteiger charge is 2.20. The van der Waals surface area contributed by atoms with Gasteiger partial charge >= 0.3 is 0 Å². The fourth-order valence-corrected chi connectivity index (χ4v) is 4.03. The van der Waals surface area contributed by atoms with Crippen molar-refractivity contribution in [2.75, 3.05) is 13.1 Å². The maximum atomic E-state index is 10.7. The van der Waals surface area contributed by atoms with E-state index in [-0.39, 0.29) is 0 Å². The highest BCUT2D eigenvalue weighted by Crippen LogP contribution is 2.35. The molecule has 0 aliphatic carbocycles. The minimum atomic E-state index is 0.606. The van der Waals surface area contributed by atoms with Crippen LogP contribution in [0.1, 0.15) is 12.8 Å². The Kier molecular flexibility index (Phi) is 3.84. The number of hydrogen-bond acceptors (Lipinski definition) is 2. The summed E-state index contributed by atoms with van der Waals surface area (Å²) >= 11 is 5.45. The van der Waals surface area contributed by atoms with Crippen LogP contribution in [0.3, 0.4) is 0 Å². The zero-order chi connectivity index (χ0) is 13.2. The predicted molar refractivity (Wildman–Crippen MR) is 82.5 cm³/mol. The summed E-state index contributed by atoms with van der Waals surface area (Å²) in [7, 11) is 0. The largest absolute Gasteiger partial charge is 0.360 e. The van der Waals surface area contributed by atoms with Crippen molar-refractivity contribution >= 4 is 45.0 Å². The second-order valence-electron chi connectivity index (χ2n) is 4.80. The van der Waals surface area contributed by atoms with Gasteiger partial charge in [0.15, 0.2) is 0 Å². The molecular weight excluding hydrogens is 324 g/mol. The van der Waals surface area contributed by atoms with Crippen LogP contribution in [0.2, 0.25) is 0 Å². The van der Waals surface area contributed by atoms with E-state index in [2.05, 4.69) is 45.3 Å². The van der Waals surface area contributed by atoms with Gasteiger partial charge in [0.1, 0.15) is 0 Å². The van der Waals surface area contributed by atoms with Crippen LogP contribution in [0.4, 0.5) is 0 Å². The minimum absolute atomic E-state index is 0.606. The van der Waals surface area contributed by atoms with Crippen LogP contribution in [-0.4, -0.2) is 34.6 Å². The maximum Gasteiger partial charge on any atom is 0.209 e. The highest BCUT2D eigenvalue weighted by atomic mass is 79.9. The molecule has 0 unspecified atom stereocenters. The van der Waals surface area contributed by atoms with Crippen LogP contribution in [0, 0.1) is 0 Å². The number of rotatable bonds is 3. The number of benzene rings is 1. The average Bonchev–Trinajstić information content (AvgIpc) is 2.82. The lowest BCUT2D eigenvalue weighted by atomic mass is 10.1. The monoisotopic (exact) mass is 338 g/mol. The van der Waals surface area contributed by atoms with E-state index in [1.807, 2.05) is 16.7 Å². The Morgan fingerprint density at radius 2 is 2.16 bits per heavy atom. The lowest BCUT2D eigenvalue weighted by molar-refractivity contribution is -0.118. The zero-order valence-electron chi connectivity index (χ0n) is 10.4. The summed E-state index contributed by atoms with van der Waals surface area (Å²) in [5.74, 6) is 0. The fourth-order valence-electron chi connectivity index (χ4n) is 2.44. The molecule has 2 heterocycles. The smallest absolute Gasteiger partial charge is 0.209 e. The predicted octanol–water partition coefficient (Wildman–Crippen LogP) is 3.64. The second kappa shape index (κ2) is 5.59. The number of carbonyl (C=O) groups is 1. The van der Waals surface area contributed by atoms with Crippen molar-refractivity contribution in [3.63, 3.8) is 0 Å². The molecule has 1 amide bonds. The summed E-state index contributed by atoms with van der Waals surface area (Å²) in [5.41, 5.74) is 1.18. The van der Waals surface area contributed by atoms with Gasteiger partial charge in [0, 0.05) is 44.8 Å².